The second-order valence-corrected chi connectivity index (χ2v) is 8.65. The molecule has 1 saturated heterocycles. The van der Waals surface area contributed by atoms with Crippen molar-refractivity contribution in [1.29, 1.82) is 0 Å². The third-order valence-electron chi connectivity index (χ3n) is 5.04. The monoisotopic (exact) mass is 465 g/mol. The van der Waals surface area contributed by atoms with E-state index in [1.165, 1.54) is 29.7 Å². The van der Waals surface area contributed by atoms with E-state index in [1.807, 2.05) is 9.80 Å². The summed E-state index contributed by atoms with van der Waals surface area (Å²) in [5, 5.41) is 22.4. The van der Waals surface area contributed by atoms with E-state index in [-0.39, 0.29) is 18.3 Å². The molecule has 4 rings (SSSR count). The Labute approximate surface area is 186 Å². The van der Waals surface area contributed by atoms with E-state index in [4.69, 9.17) is 16.7 Å². The van der Waals surface area contributed by atoms with Gasteiger partial charge in [-0.1, -0.05) is 22.9 Å². The highest BCUT2D eigenvalue weighted by atomic mass is 35.5. The molecule has 11 heteroatoms. The van der Waals surface area contributed by atoms with Gasteiger partial charge in [-0.3, -0.25) is 9.69 Å². The van der Waals surface area contributed by atoms with Crippen molar-refractivity contribution >= 4 is 50.0 Å². The molecule has 1 aliphatic heterocycles. The first kappa shape index (κ1) is 21.8. The summed E-state index contributed by atoms with van der Waals surface area (Å²) >= 11 is 7.55. The maximum absolute atomic E-state index is 13.3. The molecular formula is C20H21ClFN5O3S. The van der Waals surface area contributed by atoms with Gasteiger partial charge in [-0.15, -0.1) is 0 Å². The Morgan fingerprint density at radius 2 is 2.06 bits per heavy atom. The highest BCUT2D eigenvalue weighted by molar-refractivity contribution is 7.22. The van der Waals surface area contributed by atoms with Gasteiger partial charge in [0.25, 0.3) is 0 Å². The van der Waals surface area contributed by atoms with Crippen molar-refractivity contribution in [1.82, 2.24) is 14.9 Å². The number of amides is 1. The smallest absolute Gasteiger partial charge is 0.240 e. The third-order valence-corrected chi connectivity index (χ3v) is 6.25. The molecule has 1 fully saturated rings. The van der Waals surface area contributed by atoms with Gasteiger partial charge in [0.15, 0.2) is 5.13 Å². The maximum atomic E-state index is 13.3. The fraction of sp³-hybridized carbons (Fsp3) is 0.350. The maximum Gasteiger partial charge on any atom is 0.240 e. The zero-order valence-electron chi connectivity index (χ0n) is 16.5. The fourth-order valence-electron chi connectivity index (χ4n) is 3.40. The van der Waals surface area contributed by atoms with Crippen LogP contribution in [0.2, 0.25) is 5.02 Å². The molecule has 0 unspecified atom stereocenters. The van der Waals surface area contributed by atoms with E-state index in [1.54, 1.807) is 12.1 Å². The highest BCUT2D eigenvalue weighted by Gasteiger charge is 2.22. The molecule has 1 aliphatic rings. The Hall–Kier alpha value is -2.37. The van der Waals surface area contributed by atoms with Crippen molar-refractivity contribution in [3.8, 4) is 0 Å². The number of hydrogen-bond acceptors (Lipinski definition) is 8. The average molecular weight is 466 g/mol. The second-order valence-electron chi connectivity index (χ2n) is 7.21. The number of nitrogens with one attached hydrogen (secondary N) is 1. The fourth-order valence-corrected chi connectivity index (χ4v) is 4.60. The number of rotatable bonds is 6. The number of aliphatic hydroxyl groups is 2. The molecule has 3 N–H and O–H groups in total. The van der Waals surface area contributed by atoms with Crippen LogP contribution in [0.15, 0.2) is 30.5 Å². The molecule has 0 spiro atoms. The standard InChI is InChI=1S/C20H21ClFN5O3S/c21-14-7-12(16(29)11-28)9-23-19(14)27-5-3-26(4-6-27)10-18(30)25-20-24-15-2-1-13(22)8-17(15)31-20/h1-2,7-9,16,28-29H,3-6,10-11H2,(H,24,25,30)/t16-/m1/s1. The quantitative estimate of drug-likeness (QED) is 0.513. The number of halogens is 2. The molecule has 1 aromatic carbocycles. The number of nitrogens with zero attached hydrogens (tertiary/aromatic N) is 4. The molecule has 3 aromatic rings. The number of thiazole rings is 1. The Kier molecular flexibility index (Phi) is 6.63. The van der Waals surface area contributed by atoms with Gasteiger partial charge in [0.05, 0.1) is 28.4 Å². The summed E-state index contributed by atoms with van der Waals surface area (Å²) in [5.74, 6) is 0.105. The van der Waals surface area contributed by atoms with Crippen LogP contribution in [0, 0.1) is 5.82 Å². The predicted molar refractivity (Wildman–Crippen MR) is 118 cm³/mol. The van der Waals surface area contributed by atoms with Crippen molar-refractivity contribution in [2.45, 2.75) is 6.10 Å². The van der Waals surface area contributed by atoms with Crippen molar-refractivity contribution in [3.63, 3.8) is 0 Å². The Morgan fingerprint density at radius 1 is 1.29 bits per heavy atom. The molecule has 1 amide bonds. The highest BCUT2D eigenvalue weighted by Crippen LogP contribution is 2.28. The number of anilines is 2. The van der Waals surface area contributed by atoms with Crippen LogP contribution >= 0.6 is 22.9 Å². The zero-order chi connectivity index (χ0) is 22.0. The number of aromatic nitrogens is 2. The third kappa shape index (κ3) is 5.10. The number of carbonyl (C=O) groups is 1. The molecule has 0 radical (unpaired) electrons. The molecule has 0 saturated carbocycles. The minimum absolute atomic E-state index is 0.175. The van der Waals surface area contributed by atoms with Crippen LogP contribution in [0.5, 0.6) is 0 Å². The van der Waals surface area contributed by atoms with Crippen LogP contribution in [0.25, 0.3) is 10.2 Å². The van der Waals surface area contributed by atoms with E-state index in [2.05, 4.69) is 15.3 Å². The number of pyridine rings is 1. The van der Waals surface area contributed by atoms with E-state index in [0.717, 1.165) is 0 Å². The van der Waals surface area contributed by atoms with Gasteiger partial charge >= 0.3 is 0 Å². The number of aliphatic hydroxyl groups excluding tert-OH is 2. The lowest BCUT2D eigenvalue weighted by molar-refractivity contribution is -0.117. The number of benzene rings is 1. The number of carbonyl (C=O) groups excluding carboxylic acids is 1. The second kappa shape index (κ2) is 9.41. The minimum Gasteiger partial charge on any atom is -0.393 e. The molecule has 0 bridgehead atoms. The summed E-state index contributed by atoms with van der Waals surface area (Å²) in [5.41, 5.74) is 1.11. The predicted octanol–water partition coefficient (Wildman–Crippen LogP) is 2.27. The molecule has 164 valence electrons. The van der Waals surface area contributed by atoms with Crippen molar-refractivity contribution in [3.05, 3.63) is 46.9 Å². The Bertz CT molecular complexity index is 1090. The summed E-state index contributed by atoms with van der Waals surface area (Å²) < 4.78 is 14.0. The van der Waals surface area contributed by atoms with Crippen LogP contribution in [0.3, 0.4) is 0 Å². The normalized spacial score (nSPS) is 15.9. The van der Waals surface area contributed by atoms with Crippen LogP contribution in [-0.2, 0) is 4.79 Å². The SMILES string of the molecule is O=C(CN1CCN(c2ncc([C@H](O)CO)cc2Cl)CC1)Nc1nc2ccc(F)cc2s1. The molecule has 3 heterocycles. The molecule has 31 heavy (non-hydrogen) atoms. The summed E-state index contributed by atoms with van der Waals surface area (Å²) in [6.07, 6.45) is 0.495. The van der Waals surface area contributed by atoms with E-state index in [0.29, 0.717) is 57.9 Å². The summed E-state index contributed by atoms with van der Waals surface area (Å²) in [6, 6.07) is 5.94. The molecule has 8 nitrogen and oxygen atoms in total. The number of piperazine rings is 1. The lowest BCUT2D eigenvalue weighted by Crippen LogP contribution is -2.49. The van der Waals surface area contributed by atoms with Gasteiger partial charge < -0.3 is 20.4 Å². The largest absolute Gasteiger partial charge is 0.393 e. The first-order valence-corrected chi connectivity index (χ1v) is 10.9. The van der Waals surface area contributed by atoms with Gasteiger partial charge in [-0.25, -0.2) is 14.4 Å². The van der Waals surface area contributed by atoms with Gasteiger partial charge in [0.2, 0.25) is 5.91 Å². The van der Waals surface area contributed by atoms with Crippen LogP contribution in [0.4, 0.5) is 15.3 Å². The molecule has 1 atom stereocenters. The Balaban J connectivity index is 1.31. The first-order valence-electron chi connectivity index (χ1n) is 9.70. The topological polar surface area (TPSA) is 102 Å². The van der Waals surface area contributed by atoms with Gasteiger partial charge in [-0.05, 0) is 24.3 Å². The van der Waals surface area contributed by atoms with Crippen LogP contribution in [-0.4, -0.2) is 70.3 Å². The van der Waals surface area contributed by atoms with E-state index < -0.39 is 12.7 Å². The average Bonchev–Trinajstić information content (AvgIpc) is 3.14. The van der Waals surface area contributed by atoms with Crippen molar-refractivity contribution in [2.24, 2.45) is 0 Å². The lowest BCUT2D eigenvalue weighted by atomic mass is 10.1. The zero-order valence-corrected chi connectivity index (χ0v) is 18.0. The van der Waals surface area contributed by atoms with Crippen LogP contribution < -0.4 is 10.2 Å². The first-order chi connectivity index (χ1) is 14.9. The van der Waals surface area contributed by atoms with Crippen LogP contribution in [0.1, 0.15) is 11.7 Å². The summed E-state index contributed by atoms with van der Waals surface area (Å²) in [4.78, 5) is 25.1. The van der Waals surface area contributed by atoms with E-state index in [9.17, 15) is 14.3 Å². The lowest BCUT2D eigenvalue weighted by Gasteiger charge is -2.35. The van der Waals surface area contributed by atoms with E-state index >= 15 is 0 Å². The van der Waals surface area contributed by atoms with Gasteiger partial charge in [-0.2, -0.15) is 0 Å². The summed E-state index contributed by atoms with van der Waals surface area (Å²) in [6.45, 7) is 2.41. The van der Waals surface area contributed by atoms with Gasteiger partial charge in [0.1, 0.15) is 17.7 Å². The molecular weight excluding hydrogens is 445 g/mol. The minimum atomic E-state index is -1.01. The molecule has 0 aliphatic carbocycles. The molecule has 2 aromatic heterocycles. The summed E-state index contributed by atoms with van der Waals surface area (Å²) in [7, 11) is 0. The van der Waals surface area contributed by atoms with Gasteiger partial charge in [0, 0.05) is 37.9 Å². The number of fused-ring (bicyclic) bond motifs is 1. The van der Waals surface area contributed by atoms with Crippen molar-refractivity contribution < 1.29 is 19.4 Å². The number of hydrogen-bond donors (Lipinski definition) is 3. The van der Waals surface area contributed by atoms with Crippen molar-refractivity contribution in [2.75, 3.05) is 49.5 Å². The Morgan fingerprint density at radius 3 is 2.77 bits per heavy atom.